The van der Waals surface area contributed by atoms with E-state index in [0.29, 0.717) is 16.2 Å². The van der Waals surface area contributed by atoms with Gasteiger partial charge in [0, 0.05) is 56.7 Å². The fraction of sp³-hybridized carbons (Fsp3) is 0. The molecule has 0 fully saturated rings. The third-order valence-corrected chi connectivity index (χ3v) is 0. The molecule has 0 aromatic heterocycles. The Hall–Kier alpha value is 2.81. The van der Waals surface area contributed by atoms with E-state index < -0.39 is 0 Å². The second-order valence-corrected chi connectivity index (χ2v) is 0. The van der Waals surface area contributed by atoms with E-state index in [9.17, 15) is 0 Å². The van der Waals surface area contributed by atoms with Gasteiger partial charge >= 0.3 is 38.9 Å². The van der Waals surface area contributed by atoms with Crippen LogP contribution in [0.15, 0.2) is 0 Å². The minimum atomic E-state index is 0. The van der Waals surface area contributed by atoms with E-state index in [4.69, 9.17) is 3.80 Å². The van der Waals surface area contributed by atoms with Crippen LogP contribution in [0.5, 0.6) is 0 Å². The van der Waals surface area contributed by atoms with E-state index >= 15 is 0 Å². The maximum Gasteiger partial charge on any atom is 0 e. The van der Waals surface area contributed by atoms with Crippen molar-refractivity contribution >= 4 is 35.1 Å². The van der Waals surface area contributed by atoms with Crippen LogP contribution in [0, 0.1) is 35.6 Å². The summed E-state index contributed by atoms with van der Waals surface area (Å²) in [5, 5.41) is 0. The van der Waals surface area contributed by atoms with Crippen LogP contribution < -0.4 is 0 Å². The topological polar surface area (TPSA) is 17.1 Å². The maximum atomic E-state index is 8.28. The second kappa shape index (κ2) is 29.1. The van der Waals surface area contributed by atoms with Crippen molar-refractivity contribution in [3.63, 3.8) is 0 Å². The van der Waals surface area contributed by atoms with Crippen LogP contribution in [-0.2, 0) is 24.9 Å². The van der Waals surface area contributed by atoms with Crippen molar-refractivity contribution in [2.75, 3.05) is 0 Å². The molecule has 0 heterocycles. The second-order valence-electron chi connectivity index (χ2n) is 0. The third-order valence-electron chi connectivity index (χ3n) is 0. The molecule has 5 heavy (non-hydrogen) atoms. The summed E-state index contributed by atoms with van der Waals surface area (Å²) < 4.78 is 8.28. The molecule has 0 rings (SSSR count). The van der Waals surface area contributed by atoms with Crippen LogP contribution >= 0.6 is 0 Å². The quantitative estimate of drug-likeness (QED) is 0.468. The zero-order valence-electron chi connectivity index (χ0n) is 2.01. The largest absolute Gasteiger partial charge is 0 e. The summed E-state index contributed by atoms with van der Waals surface area (Å²) in [6.07, 6.45) is 0. The van der Waals surface area contributed by atoms with Crippen molar-refractivity contribution in [1.29, 1.82) is 0 Å². The van der Waals surface area contributed by atoms with Gasteiger partial charge in [0.15, 0.2) is 0 Å². The van der Waals surface area contributed by atoms with Gasteiger partial charge < -0.3 is 0 Å². The Bertz CT molecular complexity index is 11.6. The van der Waals surface area contributed by atoms with Crippen molar-refractivity contribution in [2.24, 2.45) is 0 Å². The van der Waals surface area contributed by atoms with E-state index in [1.165, 1.54) is 0 Å². The van der Waals surface area contributed by atoms with Crippen LogP contribution in [0.4, 0.5) is 0 Å². The first kappa shape index (κ1) is 24.9. The molecule has 0 saturated carbocycles. The molecule has 0 saturated heterocycles. The van der Waals surface area contributed by atoms with E-state index in [0.717, 1.165) is 0 Å². The molecule has 0 amide bonds. The Morgan fingerprint density at radius 1 is 1.20 bits per heavy atom. The Morgan fingerprint density at radius 3 is 1.20 bits per heavy atom. The van der Waals surface area contributed by atoms with Crippen molar-refractivity contribution in [1.82, 2.24) is 0 Å². The van der Waals surface area contributed by atoms with Gasteiger partial charge in [-0.15, -0.1) is 0 Å². The normalized spacial score (nSPS) is 0.600. The van der Waals surface area contributed by atoms with Crippen molar-refractivity contribution in [3.8, 4) is 0 Å². The molecule has 1 nitrogen and oxygen atoms in total. The molecule has 0 spiro atoms. The molecular formula is H2AlLaLiOPt. The first-order valence-electron chi connectivity index (χ1n) is 0.289. The van der Waals surface area contributed by atoms with Gasteiger partial charge in [-0.25, -0.2) is 0 Å². The summed E-state index contributed by atoms with van der Waals surface area (Å²) >= 11 is 0.611. The molecule has 0 unspecified atom stereocenters. The van der Waals surface area contributed by atoms with Gasteiger partial charge in [0.25, 0.3) is 0 Å². The van der Waals surface area contributed by atoms with Crippen molar-refractivity contribution < 1.29 is 60.5 Å². The molecule has 1 radical (unpaired) electrons. The Kier molecular flexibility index (Phi) is 145. The molecule has 0 bridgehead atoms. The van der Waals surface area contributed by atoms with Crippen LogP contribution in [0.25, 0.3) is 0 Å². The molecular weight excluding hydrogens is 384 g/mol. The first-order valence-corrected chi connectivity index (χ1v) is 0.866. The van der Waals surface area contributed by atoms with Gasteiger partial charge in [-0.2, -0.15) is 0 Å². The minimum Gasteiger partial charge on any atom is 0 e. The zero-order chi connectivity index (χ0) is 2.00. The van der Waals surface area contributed by atoms with E-state index in [-0.39, 0.29) is 75.5 Å². The van der Waals surface area contributed by atoms with Crippen LogP contribution in [0.2, 0.25) is 0 Å². The smallest absolute Gasteiger partial charge is 0 e. The zero-order valence-corrected chi connectivity index (χ0v) is 9.32. The monoisotopic (exact) mass is 386 g/mol. The fourth-order valence-corrected chi connectivity index (χ4v) is 0. The fourth-order valence-electron chi connectivity index (χ4n) is 0. The summed E-state index contributed by atoms with van der Waals surface area (Å²) in [7, 11) is 0. The summed E-state index contributed by atoms with van der Waals surface area (Å²) in [4.78, 5) is 0. The van der Waals surface area contributed by atoms with Crippen molar-refractivity contribution in [2.45, 2.75) is 0 Å². The summed E-state index contributed by atoms with van der Waals surface area (Å²) in [5.41, 5.74) is 0. The maximum absolute atomic E-state index is 8.28. The number of rotatable bonds is 0. The number of hydrogen-bond donors (Lipinski definition) is 0. The minimum absolute atomic E-state index is 0. The SMILES string of the molecule is [La].[LiH].[O]=[AlH].[Pt]. The summed E-state index contributed by atoms with van der Waals surface area (Å²) in [6.45, 7) is 0. The molecule has 0 aliphatic rings. The predicted molar refractivity (Wildman–Crippen MR) is 15.0 cm³/mol. The Labute approximate surface area is 93.7 Å². The molecule has 0 aliphatic carbocycles. The van der Waals surface area contributed by atoms with Gasteiger partial charge in [0.05, 0.1) is 0 Å². The van der Waals surface area contributed by atoms with Crippen LogP contribution in [0.3, 0.4) is 0 Å². The average molecular weight is 386 g/mol. The van der Waals surface area contributed by atoms with Gasteiger partial charge in [-0.05, 0) is 0 Å². The molecule has 0 aromatic carbocycles. The first-order chi connectivity index (χ1) is 1.00. The van der Waals surface area contributed by atoms with Gasteiger partial charge in [0.1, 0.15) is 0 Å². The Balaban J connectivity index is -0.00000000167. The van der Waals surface area contributed by atoms with E-state index in [2.05, 4.69) is 0 Å². The Morgan fingerprint density at radius 2 is 1.20 bits per heavy atom. The van der Waals surface area contributed by atoms with Gasteiger partial charge in [-0.1, -0.05) is 0 Å². The van der Waals surface area contributed by atoms with Gasteiger partial charge in [-0.3, -0.25) is 0 Å². The predicted octanol–water partition coefficient (Wildman–Crippen LogP) is -1.42. The molecule has 5 heteroatoms. The number of hydrogen-bond acceptors (Lipinski definition) is 1. The standard InChI is InChI=1S/Al.La.Li.O.Pt.2H. The van der Waals surface area contributed by atoms with E-state index in [1.54, 1.807) is 0 Å². The molecule has 25 valence electrons. The summed E-state index contributed by atoms with van der Waals surface area (Å²) in [6, 6.07) is 0. The van der Waals surface area contributed by atoms with Crippen LogP contribution in [0.1, 0.15) is 0 Å². The average Bonchev–Trinajstić information content (AvgIpc) is 1.00. The molecule has 0 atom stereocenters. The third kappa shape index (κ3) is 19.9. The van der Waals surface area contributed by atoms with Crippen LogP contribution in [-0.4, -0.2) is 35.1 Å². The molecule has 0 aliphatic heterocycles. The van der Waals surface area contributed by atoms with E-state index in [1.807, 2.05) is 0 Å². The van der Waals surface area contributed by atoms with Gasteiger partial charge in [0.2, 0.25) is 0 Å². The summed E-state index contributed by atoms with van der Waals surface area (Å²) in [5.74, 6) is 0. The molecule has 0 aromatic rings. The van der Waals surface area contributed by atoms with Crippen molar-refractivity contribution in [3.05, 3.63) is 0 Å². The molecule has 0 N–H and O–H groups in total.